The fraction of sp³-hybridized carbons (Fsp3) is 0.826. The lowest BCUT2D eigenvalue weighted by atomic mass is 10.1. The van der Waals surface area contributed by atoms with E-state index in [-0.39, 0.29) is 4.75 Å². The largest absolute Gasteiger partial charge is 0.359 e. The van der Waals surface area contributed by atoms with Gasteiger partial charge in [-0.25, -0.2) is 0 Å². The van der Waals surface area contributed by atoms with E-state index in [1.165, 1.54) is 24.1 Å². The molecule has 28 heavy (non-hydrogen) atoms. The molecule has 0 spiro atoms. The Bertz CT molecular complexity index is 589. The van der Waals surface area contributed by atoms with Gasteiger partial charge in [0, 0.05) is 23.5 Å². The van der Waals surface area contributed by atoms with Gasteiger partial charge < -0.3 is 10.6 Å². The van der Waals surface area contributed by atoms with Crippen molar-refractivity contribution in [1.29, 1.82) is 0 Å². The predicted octanol–water partition coefficient (Wildman–Crippen LogP) is 4.69. The number of thioether (sulfide) groups is 1. The number of likely N-dealkylation sites (N-methyl/N-ethyl adjacent to an activating group) is 3. The molecule has 0 radical (unpaired) electrons. The van der Waals surface area contributed by atoms with Crippen LogP contribution in [0.15, 0.2) is 23.4 Å². The molecule has 1 saturated carbocycles. The molecule has 1 fully saturated rings. The molecule has 5 heteroatoms. The average Bonchev–Trinajstić information content (AvgIpc) is 3.18. The van der Waals surface area contributed by atoms with Gasteiger partial charge in [0.2, 0.25) is 0 Å². The van der Waals surface area contributed by atoms with Crippen molar-refractivity contribution in [2.45, 2.75) is 96.2 Å². The first-order valence-electron chi connectivity index (χ1n) is 11.1. The molecule has 4 nitrogen and oxygen atoms in total. The second-order valence-electron chi connectivity index (χ2n) is 8.76. The van der Waals surface area contributed by atoms with E-state index in [1.807, 2.05) is 0 Å². The smallest absolute Gasteiger partial charge is 0.105 e. The maximum Gasteiger partial charge on any atom is 0.105 e. The third-order valence-corrected chi connectivity index (χ3v) is 8.90. The maximum absolute atomic E-state index is 6.48. The normalized spacial score (nSPS) is 35.3. The monoisotopic (exact) mass is 408 g/mol. The van der Waals surface area contributed by atoms with Gasteiger partial charge in [-0.15, -0.1) is 11.8 Å². The highest BCUT2D eigenvalue weighted by Gasteiger charge is 2.59. The SMILES string of the molecule is C/C=C(/C)C1N(C)C(CC)=CC(N(C)C(C)SC2(C)C(CCC)[C@H]2N)N1CC. The lowest BCUT2D eigenvalue weighted by Gasteiger charge is -2.51. The zero-order valence-electron chi connectivity index (χ0n) is 19.7. The molecule has 5 unspecified atom stereocenters. The molecule has 0 aromatic heterocycles. The zero-order valence-corrected chi connectivity index (χ0v) is 20.5. The fourth-order valence-corrected chi connectivity index (χ4v) is 6.64. The van der Waals surface area contributed by atoms with Gasteiger partial charge in [0.15, 0.2) is 0 Å². The second-order valence-corrected chi connectivity index (χ2v) is 10.6. The quantitative estimate of drug-likeness (QED) is 0.442. The number of hydrogen-bond acceptors (Lipinski definition) is 5. The summed E-state index contributed by atoms with van der Waals surface area (Å²) in [6.07, 6.45) is 8.90. The van der Waals surface area contributed by atoms with Crippen LogP contribution in [0.25, 0.3) is 0 Å². The Morgan fingerprint density at radius 2 is 2.04 bits per heavy atom. The van der Waals surface area contributed by atoms with E-state index in [0.29, 0.717) is 29.7 Å². The van der Waals surface area contributed by atoms with Crippen LogP contribution in [0.4, 0.5) is 0 Å². The molecule has 0 aromatic carbocycles. The summed E-state index contributed by atoms with van der Waals surface area (Å²) in [6.45, 7) is 17.0. The number of hydrogen-bond donors (Lipinski definition) is 1. The molecule has 1 aliphatic carbocycles. The van der Waals surface area contributed by atoms with E-state index >= 15 is 0 Å². The number of allylic oxidation sites excluding steroid dienone is 2. The second kappa shape index (κ2) is 9.55. The number of nitrogens with zero attached hydrogens (tertiary/aromatic N) is 3. The Morgan fingerprint density at radius 3 is 2.54 bits per heavy atom. The van der Waals surface area contributed by atoms with Crippen LogP contribution in [0.3, 0.4) is 0 Å². The van der Waals surface area contributed by atoms with Gasteiger partial charge in [-0.3, -0.25) is 9.80 Å². The standard InChI is InChI=1S/C23H44N4S/c1-10-14-19-21(24)23(19,7)28-17(6)25(8)20-15-18(12-3)26(9)22(16(5)11-2)27(20)13-4/h11,15,17,19-22H,10,12-14,24H2,1-9H3/b16-11-/t17?,19?,20?,21-,22?,23?/m1/s1. The molecule has 0 aromatic rings. The van der Waals surface area contributed by atoms with Gasteiger partial charge in [0.1, 0.15) is 6.17 Å². The van der Waals surface area contributed by atoms with E-state index < -0.39 is 0 Å². The van der Waals surface area contributed by atoms with Crippen molar-refractivity contribution in [3.63, 3.8) is 0 Å². The molecule has 1 aliphatic heterocycles. The maximum atomic E-state index is 6.48. The van der Waals surface area contributed by atoms with Crippen molar-refractivity contribution < 1.29 is 0 Å². The van der Waals surface area contributed by atoms with Crippen molar-refractivity contribution in [3.8, 4) is 0 Å². The van der Waals surface area contributed by atoms with E-state index in [1.54, 1.807) is 0 Å². The summed E-state index contributed by atoms with van der Waals surface area (Å²) in [6, 6.07) is 0.341. The molecule has 2 N–H and O–H groups in total. The molecule has 6 atom stereocenters. The highest BCUT2D eigenvalue weighted by Crippen LogP contribution is 2.56. The van der Waals surface area contributed by atoms with Crippen molar-refractivity contribution >= 4 is 11.8 Å². The van der Waals surface area contributed by atoms with E-state index in [4.69, 9.17) is 5.73 Å². The zero-order chi connectivity index (χ0) is 21.2. The van der Waals surface area contributed by atoms with Crippen molar-refractivity contribution in [3.05, 3.63) is 23.4 Å². The van der Waals surface area contributed by atoms with Crippen LogP contribution in [0.1, 0.15) is 67.7 Å². The van der Waals surface area contributed by atoms with E-state index in [0.717, 1.165) is 13.0 Å². The number of rotatable bonds is 9. The molecule has 0 amide bonds. The molecule has 0 bridgehead atoms. The molecule has 162 valence electrons. The molecular weight excluding hydrogens is 364 g/mol. The highest BCUT2D eigenvalue weighted by atomic mass is 32.2. The van der Waals surface area contributed by atoms with Crippen LogP contribution in [0, 0.1) is 5.92 Å². The molecule has 0 saturated heterocycles. The molecule has 2 aliphatic rings. The van der Waals surface area contributed by atoms with Gasteiger partial charge in [-0.05, 0) is 71.7 Å². The predicted molar refractivity (Wildman–Crippen MR) is 125 cm³/mol. The molecular formula is C23H44N4S. The summed E-state index contributed by atoms with van der Waals surface area (Å²) in [4.78, 5) is 7.62. The minimum absolute atomic E-state index is 0.224. The van der Waals surface area contributed by atoms with Gasteiger partial charge >= 0.3 is 0 Å². The summed E-state index contributed by atoms with van der Waals surface area (Å²) < 4.78 is 0.224. The van der Waals surface area contributed by atoms with Crippen molar-refractivity contribution in [2.24, 2.45) is 11.7 Å². The third-order valence-electron chi connectivity index (χ3n) is 7.14. The molecule has 1 heterocycles. The summed E-state index contributed by atoms with van der Waals surface area (Å²) in [5.74, 6) is 0.665. The Kier molecular flexibility index (Phi) is 8.11. The van der Waals surface area contributed by atoms with Crippen LogP contribution < -0.4 is 5.73 Å². The van der Waals surface area contributed by atoms with Gasteiger partial charge in [0.05, 0.1) is 11.5 Å². The van der Waals surface area contributed by atoms with Crippen LogP contribution >= 0.6 is 11.8 Å². The lowest BCUT2D eigenvalue weighted by molar-refractivity contribution is 0.00151. The van der Waals surface area contributed by atoms with Gasteiger partial charge in [-0.1, -0.05) is 33.3 Å². The van der Waals surface area contributed by atoms with Crippen molar-refractivity contribution in [1.82, 2.24) is 14.7 Å². The Labute approximate surface area is 178 Å². The van der Waals surface area contributed by atoms with Crippen molar-refractivity contribution in [2.75, 3.05) is 20.6 Å². The molecule has 2 rings (SSSR count). The van der Waals surface area contributed by atoms with Crippen LogP contribution in [0.5, 0.6) is 0 Å². The van der Waals surface area contributed by atoms with Crippen LogP contribution in [-0.2, 0) is 0 Å². The van der Waals surface area contributed by atoms with Gasteiger partial charge in [0.25, 0.3) is 0 Å². The fourth-order valence-electron chi connectivity index (χ4n) is 4.92. The minimum Gasteiger partial charge on any atom is -0.359 e. The Morgan fingerprint density at radius 1 is 1.39 bits per heavy atom. The van der Waals surface area contributed by atoms with Crippen LogP contribution in [-0.4, -0.2) is 63.8 Å². The summed E-state index contributed by atoms with van der Waals surface area (Å²) >= 11 is 2.08. The first-order chi connectivity index (χ1) is 13.2. The van der Waals surface area contributed by atoms with E-state index in [2.05, 4.69) is 101 Å². The Hall–Kier alpha value is -0.490. The number of nitrogens with two attached hydrogens (primary N) is 1. The Balaban J connectivity index is 2.24. The summed E-state index contributed by atoms with van der Waals surface area (Å²) in [5.41, 5.74) is 9.33. The minimum atomic E-state index is 0.224. The third kappa shape index (κ3) is 4.33. The van der Waals surface area contributed by atoms with E-state index in [9.17, 15) is 0 Å². The summed E-state index contributed by atoms with van der Waals surface area (Å²) in [5, 5.41) is 0.418. The van der Waals surface area contributed by atoms with Gasteiger partial charge in [-0.2, -0.15) is 0 Å². The topological polar surface area (TPSA) is 35.7 Å². The van der Waals surface area contributed by atoms with Crippen LogP contribution in [0.2, 0.25) is 0 Å². The average molecular weight is 409 g/mol. The first kappa shape index (κ1) is 23.8. The first-order valence-corrected chi connectivity index (χ1v) is 12.0. The summed E-state index contributed by atoms with van der Waals surface area (Å²) in [7, 11) is 4.53. The lowest BCUT2D eigenvalue weighted by Crippen LogP contribution is -2.60. The highest BCUT2D eigenvalue weighted by molar-refractivity contribution is 8.01.